The Morgan fingerprint density at radius 1 is 1.67 bits per heavy atom. The topological polar surface area (TPSA) is 81.3 Å². The zero-order chi connectivity index (χ0) is 9.56. The van der Waals surface area contributed by atoms with Crippen molar-refractivity contribution < 1.29 is 15.0 Å². The minimum atomic E-state index is -1.28. The van der Waals surface area contributed by atoms with E-state index in [0.29, 0.717) is 6.42 Å². The lowest BCUT2D eigenvalue weighted by Gasteiger charge is -2.11. The van der Waals surface area contributed by atoms with Crippen LogP contribution in [-0.4, -0.2) is 22.3 Å². The van der Waals surface area contributed by atoms with Gasteiger partial charge in [0, 0.05) is 0 Å². The molecule has 0 fully saturated rings. The molecule has 0 aromatic heterocycles. The lowest BCUT2D eigenvalue weighted by molar-refractivity contribution is -0.143. The normalized spacial score (nSPS) is 14.8. The SMILES string of the molecule is CCCCC(O)C(C#N)C(=O)O. The van der Waals surface area contributed by atoms with Crippen LogP contribution in [0.2, 0.25) is 0 Å². The number of nitrogens with zero attached hydrogens (tertiary/aromatic N) is 1. The minimum Gasteiger partial charge on any atom is -0.480 e. The summed E-state index contributed by atoms with van der Waals surface area (Å²) in [7, 11) is 0. The van der Waals surface area contributed by atoms with E-state index in [0.717, 1.165) is 12.8 Å². The van der Waals surface area contributed by atoms with Crippen LogP contribution in [0.5, 0.6) is 0 Å². The molecule has 0 aliphatic heterocycles. The van der Waals surface area contributed by atoms with Crippen LogP contribution in [0.15, 0.2) is 0 Å². The van der Waals surface area contributed by atoms with Gasteiger partial charge in [0.05, 0.1) is 12.2 Å². The van der Waals surface area contributed by atoms with Crippen molar-refractivity contribution in [1.29, 1.82) is 5.26 Å². The third-order valence-corrected chi connectivity index (χ3v) is 1.64. The number of hydrogen-bond acceptors (Lipinski definition) is 3. The summed E-state index contributed by atoms with van der Waals surface area (Å²) in [6.45, 7) is 1.94. The Morgan fingerprint density at radius 3 is 2.58 bits per heavy atom. The number of nitriles is 1. The Kier molecular flexibility index (Phi) is 5.06. The van der Waals surface area contributed by atoms with Gasteiger partial charge >= 0.3 is 5.97 Å². The summed E-state index contributed by atoms with van der Waals surface area (Å²) < 4.78 is 0. The first-order valence-corrected chi connectivity index (χ1v) is 3.94. The largest absolute Gasteiger partial charge is 0.480 e. The van der Waals surface area contributed by atoms with Gasteiger partial charge in [0.15, 0.2) is 5.92 Å². The summed E-state index contributed by atoms with van der Waals surface area (Å²) in [5, 5.41) is 26.0. The van der Waals surface area contributed by atoms with Gasteiger partial charge < -0.3 is 10.2 Å². The molecule has 0 heterocycles. The predicted octanol–water partition coefficient (Wildman–Crippen LogP) is 0.762. The maximum atomic E-state index is 10.4. The first-order valence-electron chi connectivity index (χ1n) is 3.94. The van der Waals surface area contributed by atoms with Gasteiger partial charge in [-0.05, 0) is 6.42 Å². The summed E-state index contributed by atoms with van der Waals surface area (Å²) >= 11 is 0. The van der Waals surface area contributed by atoms with E-state index in [9.17, 15) is 9.90 Å². The van der Waals surface area contributed by atoms with Crippen molar-refractivity contribution in [3.8, 4) is 6.07 Å². The zero-order valence-corrected chi connectivity index (χ0v) is 7.03. The molecule has 0 spiro atoms. The van der Waals surface area contributed by atoms with Crippen LogP contribution >= 0.6 is 0 Å². The highest BCUT2D eigenvalue weighted by Gasteiger charge is 2.25. The summed E-state index contributed by atoms with van der Waals surface area (Å²) in [5.74, 6) is -2.53. The second-order valence-electron chi connectivity index (χ2n) is 2.65. The predicted molar refractivity (Wildman–Crippen MR) is 42.3 cm³/mol. The van der Waals surface area contributed by atoms with Crippen molar-refractivity contribution in [3.63, 3.8) is 0 Å². The summed E-state index contributed by atoms with van der Waals surface area (Å²) in [6, 6.07) is 1.56. The first kappa shape index (κ1) is 10.9. The molecule has 0 radical (unpaired) electrons. The van der Waals surface area contributed by atoms with E-state index in [1.807, 2.05) is 6.92 Å². The zero-order valence-electron chi connectivity index (χ0n) is 7.03. The average Bonchev–Trinajstić information content (AvgIpc) is 2.01. The lowest BCUT2D eigenvalue weighted by Crippen LogP contribution is -2.26. The van der Waals surface area contributed by atoms with E-state index in [4.69, 9.17) is 10.4 Å². The molecule has 0 bridgehead atoms. The smallest absolute Gasteiger partial charge is 0.323 e. The van der Waals surface area contributed by atoms with Crippen molar-refractivity contribution >= 4 is 5.97 Å². The number of carboxylic acids is 1. The van der Waals surface area contributed by atoms with Crippen LogP contribution in [0.25, 0.3) is 0 Å². The van der Waals surface area contributed by atoms with Crippen LogP contribution in [0, 0.1) is 17.2 Å². The van der Waals surface area contributed by atoms with E-state index < -0.39 is 18.0 Å². The maximum Gasteiger partial charge on any atom is 0.323 e. The van der Waals surface area contributed by atoms with Gasteiger partial charge in [-0.1, -0.05) is 19.8 Å². The summed E-state index contributed by atoms with van der Waals surface area (Å²) in [4.78, 5) is 10.4. The first-order chi connectivity index (χ1) is 5.63. The van der Waals surface area contributed by atoms with Gasteiger partial charge in [-0.15, -0.1) is 0 Å². The molecule has 0 rings (SSSR count). The summed E-state index contributed by atoms with van der Waals surface area (Å²) in [6.07, 6.45) is 0.968. The van der Waals surface area contributed by atoms with Crippen molar-refractivity contribution in [3.05, 3.63) is 0 Å². The number of aliphatic carboxylic acids is 1. The van der Waals surface area contributed by atoms with Crippen molar-refractivity contribution in [2.75, 3.05) is 0 Å². The van der Waals surface area contributed by atoms with Gasteiger partial charge in [-0.3, -0.25) is 4.79 Å². The Balaban J connectivity index is 3.96. The molecule has 0 aliphatic rings. The number of aliphatic hydroxyl groups is 1. The van der Waals surface area contributed by atoms with Gasteiger partial charge in [0.1, 0.15) is 0 Å². The molecular weight excluding hydrogens is 158 g/mol. The number of carboxylic acid groups (broad SMARTS) is 1. The molecule has 0 amide bonds. The molecule has 12 heavy (non-hydrogen) atoms. The van der Waals surface area contributed by atoms with Crippen LogP contribution in [-0.2, 0) is 4.79 Å². The van der Waals surface area contributed by atoms with Crippen molar-refractivity contribution in [2.45, 2.75) is 32.3 Å². The second-order valence-corrected chi connectivity index (χ2v) is 2.65. The highest BCUT2D eigenvalue weighted by atomic mass is 16.4. The Labute approximate surface area is 71.4 Å². The standard InChI is InChI=1S/C8H13NO3/c1-2-3-4-7(10)6(5-9)8(11)12/h6-7,10H,2-4H2,1H3,(H,11,12). The molecule has 0 aromatic rings. The van der Waals surface area contributed by atoms with Crippen LogP contribution < -0.4 is 0 Å². The number of carbonyl (C=O) groups is 1. The minimum absolute atomic E-state index is 0.376. The number of unbranched alkanes of at least 4 members (excludes halogenated alkanes) is 1. The van der Waals surface area contributed by atoms with E-state index in [2.05, 4.69) is 0 Å². The Hall–Kier alpha value is -1.08. The van der Waals surface area contributed by atoms with Gasteiger partial charge in [0.25, 0.3) is 0 Å². The van der Waals surface area contributed by atoms with Crippen LogP contribution in [0.3, 0.4) is 0 Å². The van der Waals surface area contributed by atoms with Gasteiger partial charge in [0.2, 0.25) is 0 Å². The maximum absolute atomic E-state index is 10.4. The van der Waals surface area contributed by atoms with Gasteiger partial charge in [-0.25, -0.2) is 0 Å². The van der Waals surface area contributed by atoms with Gasteiger partial charge in [-0.2, -0.15) is 5.26 Å². The molecule has 0 saturated carbocycles. The fourth-order valence-electron chi connectivity index (χ4n) is 0.886. The highest BCUT2D eigenvalue weighted by Crippen LogP contribution is 2.10. The van der Waals surface area contributed by atoms with Crippen molar-refractivity contribution in [2.24, 2.45) is 5.92 Å². The third-order valence-electron chi connectivity index (χ3n) is 1.64. The lowest BCUT2D eigenvalue weighted by atomic mass is 9.99. The number of aliphatic hydroxyl groups excluding tert-OH is 1. The molecule has 0 saturated heterocycles. The van der Waals surface area contributed by atoms with Crippen LogP contribution in [0.4, 0.5) is 0 Å². The Morgan fingerprint density at radius 2 is 2.25 bits per heavy atom. The average molecular weight is 171 g/mol. The molecule has 0 aromatic carbocycles. The Bertz CT molecular complexity index is 185. The fourth-order valence-corrected chi connectivity index (χ4v) is 0.886. The molecule has 2 N–H and O–H groups in total. The fraction of sp³-hybridized carbons (Fsp3) is 0.750. The molecule has 2 atom stereocenters. The molecule has 68 valence electrons. The summed E-state index contributed by atoms with van der Waals surface area (Å²) in [5.41, 5.74) is 0. The monoisotopic (exact) mass is 171 g/mol. The molecular formula is C8H13NO3. The van der Waals surface area contributed by atoms with E-state index in [1.165, 1.54) is 0 Å². The van der Waals surface area contributed by atoms with E-state index in [-0.39, 0.29) is 0 Å². The quantitative estimate of drug-likeness (QED) is 0.639. The molecule has 2 unspecified atom stereocenters. The van der Waals surface area contributed by atoms with E-state index in [1.54, 1.807) is 6.07 Å². The van der Waals surface area contributed by atoms with Crippen molar-refractivity contribution in [1.82, 2.24) is 0 Å². The third kappa shape index (κ3) is 3.35. The molecule has 0 aliphatic carbocycles. The molecule has 4 nitrogen and oxygen atoms in total. The number of rotatable bonds is 5. The molecule has 4 heteroatoms. The number of hydrogen-bond donors (Lipinski definition) is 2. The van der Waals surface area contributed by atoms with E-state index >= 15 is 0 Å². The second kappa shape index (κ2) is 5.56. The van der Waals surface area contributed by atoms with Crippen LogP contribution in [0.1, 0.15) is 26.2 Å². The highest BCUT2D eigenvalue weighted by molar-refractivity contribution is 5.73.